The van der Waals surface area contributed by atoms with Crippen LogP contribution >= 0.6 is 0 Å². The second-order valence-electron chi connectivity index (χ2n) is 4.13. The molecule has 0 heterocycles. The van der Waals surface area contributed by atoms with Gasteiger partial charge in [-0.25, -0.2) is 4.39 Å². The van der Waals surface area contributed by atoms with Crippen LogP contribution in [0.25, 0.3) is 0 Å². The van der Waals surface area contributed by atoms with Gasteiger partial charge in [-0.3, -0.25) is 10.1 Å². The van der Waals surface area contributed by atoms with Crippen molar-refractivity contribution in [1.82, 2.24) is 0 Å². The Balaban J connectivity index is 2.90. The summed E-state index contributed by atoms with van der Waals surface area (Å²) in [4.78, 5) is 10.2. The highest BCUT2D eigenvalue weighted by Crippen LogP contribution is 2.24. The van der Waals surface area contributed by atoms with E-state index in [1.807, 2.05) is 0 Å². The molecular formula is C12H16FNO2. The number of rotatable bonds is 5. The number of nitro groups is 1. The van der Waals surface area contributed by atoms with Crippen molar-refractivity contribution in [2.45, 2.75) is 33.1 Å². The molecule has 0 amide bonds. The maximum absolute atomic E-state index is 12.9. The molecular weight excluding hydrogens is 209 g/mol. The smallest absolute Gasteiger partial charge is 0.258 e. The summed E-state index contributed by atoms with van der Waals surface area (Å²) in [5.41, 5.74) is 0.510. The minimum absolute atomic E-state index is 0.108. The third-order valence-corrected chi connectivity index (χ3v) is 2.59. The van der Waals surface area contributed by atoms with Crippen LogP contribution in [0.1, 0.15) is 32.3 Å². The van der Waals surface area contributed by atoms with Crippen molar-refractivity contribution in [1.29, 1.82) is 0 Å². The van der Waals surface area contributed by atoms with E-state index in [1.165, 1.54) is 12.1 Å². The number of benzene rings is 1. The molecule has 0 spiro atoms. The van der Waals surface area contributed by atoms with Crippen molar-refractivity contribution < 1.29 is 9.31 Å². The highest BCUT2D eigenvalue weighted by atomic mass is 19.1. The molecule has 0 N–H and O–H groups in total. The highest BCUT2D eigenvalue weighted by Gasteiger charge is 2.16. The Morgan fingerprint density at radius 1 is 1.50 bits per heavy atom. The first-order valence-corrected chi connectivity index (χ1v) is 5.47. The Hall–Kier alpha value is -1.45. The van der Waals surface area contributed by atoms with Crippen molar-refractivity contribution in [2.75, 3.05) is 0 Å². The van der Waals surface area contributed by atoms with Crippen molar-refractivity contribution in [2.24, 2.45) is 5.92 Å². The topological polar surface area (TPSA) is 43.1 Å². The first-order valence-electron chi connectivity index (χ1n) is 5.47. The fourth-order valence-electron chi connectivity index (χ4n) is 1.85. The molecule has 16 heavy (non-hydrogen) atoms. The van der Waals surface area contributed by atoms with Gasteiger partial charge in [0, 0.05) is 5.56 Å². The zero-order valence-corrected chi connectivity index (χ0v) is 9.57. The number of halogens is 1. The molecule has 0 aromatic heterocycles. The van der Waals surface area contributed by atoms with Gasteiger partial charge >= 0.3 is 0 Å². The zero-order chi connectivity index (χ0) is 12.1. The predicted octanol–water partition coefficient (Wildman–Crippen LogP) is 3.71. The van der Waals surface area contributed by atoms with Gasteiger partial charge in [0.1, 0.15) is 5.82 Å². The third-order valence-electron chi connectivity index (χ3n) is 2.59. The molecule has 4 heteroatoms. The Bertz CT molecular complexity index is 379. The molecule has 1 aromatic rings. The standard InChI is InChI=1S/C12H16FNO2/c1-3-4-9(2)7-10-5-6-11(13)8-12(10)14(15)16/h5-6,8-9H,3-4,7H2,1-2H3. The molecule has 1 rings (SSSR count). The van der Waals surface area contributed by atoms with Gasteiger partial charge < -0.3 is 0 Å². The van der Waals surface area contributed by atoms with Gasteiger partial charge in [0.2, 0.25) is 0 Å². The molecule has 1 aromatic carbocycles. The minimum Gasteiger partial charge on any atom is -0.258 e. The van der Waals surface area contributed by atoms with Crippen molar-refractivity contribution >= 4 is 5.69 Å². The van der Waals surface area contributed by atoms with E-state index >= 15 is 0 Å². The van der Waals surface area contributed by atoms with Crippen LogP contribution in [0, 0.1) is 21.8 Å². The molecule has 0 aliphatic carbocycles. The molecule has 0 bridgehead atoms. The minimum atomic E-state index is -0.557. The van der Waals surface area contributed by atoms with Crippen LogP contribution in [0.3, 0.4) is 0 Å². The lowest BCUT2D eigenvalue weighted by Gasteiger charge is -2.10. The van der Waals surface area contributed by atoms with Crippen LogP contribution in [-0.2, 0) is 6.42 Å². The lowest BCUT2D eigenvalue weighted by Crippen LogP contribution is -2.03. The Morgan fingerprint density at radius 2 is 2.19 bits per heavy atom. The fraction of sp³-hybridized carbons (Fsp3) is 0.500. The summed E-state index contributed by atoms with van der Waals surface area (Å²) in [5.74, 6) is -0.173. The Labute approximate surface area is 94.4 Å². The average Bonchev–Trinajstić information content (AvgIpc) is 2.20. The molecule has 0 saturated heterocycles. The number of hydrogen-bond donors (Lipinski definition) is 0. The molecule has 0 aliphatic rings. The maximum Gasteiger partial charge on any atom is 0.275 e. The number of hydrogen-bond acceptors (Lipinski definition) is 2. The van der Waals surface area contributed by atoms with Gasteiger partial charge in [-0.2, -0.15) is 0 Å². The lowest BCUT2D eigenvalue weighted by atomic mass is 9.96. The predicted molar refractivity (Wildman–Crippen MR) is 60.8 cm³/mol. The van der Waals surface area contributed by atoms with Crippen molar-refractivity contribution in [3.63, 3.8) is 0 Å². The Kier molecular flexibility index (Phi) is 4.40. The van der Waals surface area contributed by atoms with E-state index in [2.05, 4.69) is 13.8 Å². The number of nitrogens with zero attached hydrogens (tertiary/aromatic N) is 1. The van der Waals surface area contributed by atoms with E-state index in [0.29, 0.717) is 17.9 Å². The molecule has 1 atom stereocenters. The SMILES string of the molecule is CCCC(C)Cc1ccc(F)cc1[N+](=O)[O-]. The summed E-state index contributed by atoms with van der Waals surface area (Å²) in [6, 6.07) is 3.79. The summed E-state index contributed by atoms with van der Waals surface area (Å²) in [5, 5.41) is 10.8. The van der Waals surface area contributed by atoms with Crippen LogP contribution in [0.15, 0.2) is 18.2 Å². The van der Waals surface area contributed by atoms with E-state index in [-0.39, 0.29) is 5.69 Å². The van der Waals surface area contributed by atoms with Crippen LogP contribution in [0.4, 0.5) is 10.1 Å². The van der Waals surface area contributed by atoms with Crippen LogP contribution in [0.2, 0.25) is 0 Å². The molecule has 88 valence electrons. The van der Waals surface area contributed by atoms with Crippen LogP contribution in [-0.4, -0.2) is 4.92 Å². The van der Waals surface area contributed by atoms with E-state index in [4.69, 9.17) is 0 Å². The van der Waals surface area contributed by atoms with Gasteiger partial charge in [0.25, 0.3) is 5.69 Å². The molecule has 0 saturated carbocycles. The summed E-state index contributed by atoms with van der Waals surface area (Å²) in [7, 11) is 0. The second-order valence-corrected chi connectivity index (χ2v) is 4.13. The quantitative estimate of drug-likeness (QED) is 0.566. The molecule has 0 aliphatic heterocycles. The Morgan fingerprint density at radius 3 is 2.75 bits per heavy atom. The summed E-state index contributed by atoms with van der Waals surface area (Å²) < 4.78 is 12.9. The van der Waals surface area contributed by atoms with Crippen molar-refractivity contribution in [3.8, 4) is 0 Å². The molecule has 3 nitrogen and oxygen atoms in total. The second kappa shape index (κ2) is 5.58. The lowest BCUT2D eigenvalue weighted by molar-refractivity contribution is -0.385. The zero-order valence-electron chi connectivity index (χ0n) is 9.57. The van der Waals surface area contributed by atoms with Gasteiger partial charge in [-0.05, 0) is 24.5 Å². The number of nitro benzene ring substituents is 1. The normalized spacial score (nSPS) is 12.4. The monoisotopic (exact) mass is 225 g/mol. The van der Waals surface area contributed by atoms with E-state index < -0.39 is 10.7 Å². The van der Waals surface area contributed by atoms with Crippen molar-refractivity contribution in [3.05, 3.63) is 39.7 Å². The van der Waals surface area contributed by atoms with Gasteiger partial charge in [-0.15, -0.1) is 0 Å². The van der Waals surface area contributed by atoms with E-state index in [9.17, 15) is 14.5 Å². The maximum atomic E-state index is 12.9. The molecule has 0 fully saturated rings. The summed E-state index contributed by atoms with van der Waals surface area (Å²) >= 11 is 0. The van der Waals surface area contributed by atoms with Gasteiger partial charge in [-0.1, -0.05) is 26.7 Å². The first-order chi connectivity index (χ1) is 7.54. The molecule has 1 unspecified atom stereocenters. The summed E-state index contributed by atoms with van der Waals surface area (Å²) in [6.45, 7) is 4.13. The van der Waals surface area contributed by atoms with E-state index in [1.54, 1.807) is 0 Å². The average molecular weight is 225 g/mol. The summed E-state index contributed by atoms with van der Waals surface area (Å²) in [6.07, 6.45) is 2.70. The van der Waals surface area contributed by atoms with Crippen LogP contribution < -0.4 is 0 Å². The largest absolute Gasteiger partial charge is 0.275 e. The van der Waals surface area contributed by atoms with Gasteiger partial charge in [0.15, 0.2) is 0 Å². The fourth-order valence-corrected chi connectivity index (χ4v) is 1.85. The van der Waals surface area contributed by atoms with Gasteiger partial charge in [0.05, 0.1) is 11.0 Å². The van der Waals surface area contributed by atoms with Crippen LogP contribution in [0.5, 0.6) is 0 Å². The van der Waals surface area contributed by atoms with E-state index in [0.717, 1.165) is 18.9 Å². The molecule has 0 radical (unpaired) electrons. The third kappa shape index (κ3) is 3.29. The highest BCUT2D eigenvalue weighted by molar-refractivity contribution is 5.40. The first kappa shape index (κ1) is 12.6.